The summed E-state index contributed by atoms with van der Waals surface area (Å²) in [5.74, 6) is 0.593. The lowest BCUT2D eigenvalue weighted by Crippen LogP contribution is -2.38. The second kappa shape index (κ2) is 7.03. The molecule has 3 aromatic rings. The van der Waals surface area contributed by atoms with Crippen molar-refractivity contribution in [3.05, 3.63) is 53.7 Å². The second-order valence-electron chi connectivity index (χ2n) is 7.27. The molecule has 2 N–H and O–H groups in total. The maximum atomic E-state index is 12.7. The number of nitrogens with one attached hydrogen (secondary N) is 2. The zero-order valence-electron chi connectivity index (χ0n) is 15.4. The molecule has 1 atom stereocenters. The summed E-state index contributed by atoms with van der Waals surface area (Å²) < 4.78 is 0. The van der Waals surface area contributed by atoms with Gasteiger partial charge in [0.2, 0.25) is 5.95 Å². The number of aromatic nitrogens is 5. The number of carbonyl (C=O) groups excluding carboxylic acids is 1. The first kappa shape index (κ1) is 16.9. The van der Waals surface area contributed by atoms with Gasteiger partial charge in [-0.05, 0) is 43.9 Å². The number of hydrogen-bond acceptors (Lipinski definition) is 6. The van der Waals surface area contributed by atoms with E-state index in [4.69, 9.17) is 0 Å². The number of pyridine rings is 1. The number of aromatic amines is 1. The fraction of sp³-hybridized carbons (Fsp3) is 0.350. The third kappa shape index (κ3) is 3.11. The molecule has 1 unspecified atom stereocenters. The fourth-order valence-electron chi connectivity index (χ4n) is 4.00. The molecule has 4 heterocycles. The van der Waals surface area contributed by atoms with Crippen LogP contribution in [-0.2, 0) is 12.8 Å². The smallest absolute Gasteiger partial charge is 0.272 e. The van der Waals surface area contributed by atoms with E-state index in [1.54, 1.807) is 18.6 Å². The van der Waals surface area contributed by atoms with Gasteiger partial charge in [-0.1, -0.05) is 0 Å². The number of H-pyrrole nitrogens is 1. The molecule has 8 heteroatoms. The minimum Gasteiger partial charge on any atom is -0.346 e. The van der Waals surface area contributed by atoms with Crippen LogP contribution in [-0.4, -0.2) is 50.2 Å². The minimum absolute atomic E-state index is 0.0619. The van der Waals surface area contributed by atoms with Crippen molar-refractivity contribution in [3.8, 4) is 11.3 Å². The first-order valence-corrected chi connectivity index (χ1v) is 9.63. The van der Waals surface area contributed by atoms with Crippen molar-refractivity contribution in [1.82, 2.24) is 30.5 Å². The predicted octanol–water partition coefficient (Wildman–Crippen LogP) is 1.76. The van der Waals surface area contributed by atoms with Crippen LogP contribution in [0.3, 0.4) is 0 Å². The number of amides is 1. The van der Waals surface area contributed by atoms with Gasteiger partial charge in [0.1, 0.15) is 0 Å². The van der Waals surface area contributed by atoms with Crippen molar-refractivity contribution in [3.63, 3.8) is 0 Å². The highest BCUT2D eigenvalue weighted by Gasteiger charge is 2.29. The summed E-state index contributed by atoms with van der Waals surface area (Å²) in [6.45, 7) is 1.49. The first-order valence-electron chi connectivity index (χ1n) is 9.63. The van der Waals surface area contributed by atoms with Crippen LogP contribution >= 0.6 is 0 Å². The van der Waals surface area contributed by atoms with E-state index in [2.05, 4.69) is 35.4 Å². The molecule has 3 aromatic heterocycles. The second-order valence-corrected chi connectivity index (χ2v) is 7.27. The van der Waals surface area contributed by atoms with Crippen molar-refractivity contribution < 1.29 is 4.79 Å². The summed E-state index contributed by atoms with van der Waals surface area (Å²) in [6, 6.07) is 5.82. The van der Waals surface area contributed by atoms with Gasteiger partial charge < -0.3 is 10.2 Å². The fourth-order valence-corrected chi connectivity index (χ4v) is 4.00. The van der Waals surface area contributed by atoms with Crippen LogP contribution < -0.4 is 10.2 Å². The van der Waals surface area contributed by atoms with Crippen molar-refractivity contribution >= 4 is 11.9 Å². The Morgan fingerprint density at radius 2 is 2.21 bits per heavy atom. The van der Waals surface area contributed by atoms with Crippen molar-refractivity contribution in [2.75, 3.05) is 18.0 Å². The molecular formula is C20H21N7O. The van der Waals surface area contributed by atoms with E-state index >= 15 is 0 Å². The van der Waals surface area contributed by atoms with E-state index in [1.165, 1.54) is 0 Å². The number of rotatable bonds is 4. The quantitative estimate of drug-likeness (QED) is 0.721. The molecule has 1 amide bonds. The van der Waals surface area contributed by atoms with Gasteiger partial charge in [-0.25, -0.2) is 9.97 Å². The molecule has 0 saturated carbocycles. The van der Waals surface area contributed by atoms with E-state index in [9.17, 15) is 4.79 Å². The van der Waals surface area contributed by atoms with Gasteiger partial charge in [-0.2, -0.15) is 5.10 Å². The largest absolute Gasteiger partial charge is 0.346 e. The molecule has 0 aromatic carbocycles. The van der Waals surface area contributed by atoms with Crippen LogP contribution in [0.25, 0.3) is 11.3 Å². The topological polar surface area (TPSA) is 99.7 Å². The van der Waals surface area contributed by atoms with Crippen molar-refractivity contribution in [2.45, 2.75) is 31.7 Å². The van der Waals surface area contributed by atoms with Crippen LogP contribution in [0.2, 0.25) is 0 Å². The van der Waals surface area contributed by atoms with E-state index < -0.39 is 0 Å². The number of anilines is 1. The first-order chi connectivity index (χ1) is 13.8. The maximum absolute atomic E-state index is 12.7. The van der Waals surface area contributed by atoms with Crippen LogP contribution in [0, 0.1) is 0 Å². The zero-order chi connectivity index (χ0) is 18.9. The average molecular weight is 375 g/mol. The van der Waals surface area contributed by atoms with Gasteiger partial charge in [-0.15, -0.1) is 0 Å². The Balaban J connectivity index is 1.27. The molecular weight excluding hydrogens is 354 g/mol. The normalized spacial score (nSPS) is 18.3. The number of aryl methyl sites for hydroxylation is 1. The summed E-state index contributed by atoms with van der Waals surface area (Å²) in [4.78, 5) is 28.0. The molecule has 1 aliphatic heterocycles. The summed E-state index contributed by atoms with van der Waals surface area (Å²) in [7, 11) is 0. The zero-order valence-corrected chi connectivity index (χ0v) is 15.4. The molecule has 1 saturated heterocycles. The van der Waals surface area contributed by atoms with Crippen LogP contribution in [0.15, 0.2) is 36.8 Å². The van der Waals surface area contributed by atoms with Gasteiger partial charge in [-0.3, -0.25) is 14.9 Å². The third-order valence-corrected chi connectivity index (χ3v) is 5.43. The van der Waals surface area contributed by atoms with Crippen molar-refractivity contribution in [1.29, 1.82) is 0 Å². The Labute approximate surface area is 162 Å². The lowest BCUT2D eigenvalue weighted by Gasteiger charge is -2.17. The van der Waals surface area contributed by atoms with Crippen LogP contribution in [0.5, 0.6) is 0 Å². The molecule has 5 rings (SSSR count). The monoisotopic (exact) mass is 375 g/mol. The third-order valence-electron chi connectivity index (χ3n) is 5.43. The van der Waals surface area contributed by atoms with Gasteiger partial charge in [0.05, 0.1) is 5.69 Å². The number of fused-ring (bicyclic) bond motifs is 1. The standard InChI is InChI=1S/C20H21N7O/c28-19(18-15-4-1-5-17(15)25-26-18)23-14-7-10-27(12-14)20-22-9-6-16(24-20)13-3-2-8-21-11-13/h2-3,6,8-9,11,14H,1,4-5,7,10,12H2,(H,23,28)(H,25,26). The molecule has 1 fully saturated rings. The van der Waals surface area contributed by atoms with Gasteiger partial charge in [0, 0.05) is 54.5 Å². The summed E-state index contributed by atoms with van der Waals surface area (Å²) in [6.07, 6.45) is 9.17. The average Bonchev–Trinajstić information content (AvgIpc) is 3.46. The van der Waals surface area contributed by atoms with Gasteiger partial charge >= 0.3 is 0 Å². The molecule has 0 radical (unpaired) electrons. The molecule has 2 aliphatic rings. The Hall–Kier alpha value is -3.29. The number of nitrogens with zero attached hydrogens (tertiary/aromatic N) is 5. The van der Waals surface area contributed by atoms with Gasteiger partial charge in [0.25, 0.3) is 5.91 Å². The molecule has 0 spiro atoms. The van der Waals surface area contributed by atoms with Gasteiger partial charge in [0.15, 0.2) is 5.69 Å². The van der Waals surface area contributed by atoms with E-state index in [0.717, 1.165) is 54.7 Å². The predicted molar refractivity (Wildman–Crippen MR) is 104 cm³/mol. The number of carbonyl (C=O) groups is 1. The Morgan fingerprint density at radius 3 is 3.11 bits per heavy atom. The SMILES string of the molecule is O=C(NC1CCN(c2nccc(-c3cccnc3)n2)C1)c1n[nH]c2c1CCC2. The summed E-state index contributed by atoms with van der Waals surface area (Å²) in [5, 5.41) is 10.4. The summed E-state index contributed by atoms with van der Waals surface area (Å²) >= 11 is 0. The van der Waals surface area contributed by atoms with E-state index in [0.29, 0.717) is 18.2 Å². The number of hydrogen-bond donors (Lipinski definition) is 2. The molecule has 28 heavy (non-hydrogen) atoms. The minimum atomic E-state index is -0.0868. The molecule has 0 bridgehead atoms. The Kier molecular flexibility index (Phi) is 4.23. The highest BCUT2D eigenvalue weighted by Crippen LogP contribution is 2.24. The van der Waals surface area contributed by atoms with Crippen molar-refractivity contribution in [2.24, 2.45) is 0 Å². The molecule has 142 valence electrons. The highest BCUT2D eigenvalue weighted by atomic mass is 16.2. The molecule has 1 aliphatic carbocycles. The summed E-state index contributed by atoms with van der Waals surface area (Å²) in [5.41, 5.74) is 4.56. The van der Waals surface area contributed by atoms with Crippen LogP contribution in [0.1, 0.15) is 34.6 Å². The van der Waals surface area contributed by atoms with E-state index in [-0.39, 0.29) is 11.9 Å². The van der Waals surface area contributed by atoms with Crippen LogP contribution in [0.4, 0.5) is 5.95 Å². The van der Waals surface area contributed by atoms with E-state index in [1.807, 2.05) is 18.2 Å². The Morgan fingerprint density at radius 1 is 1.25 bits per heavy atom. The lowest BCUT2D eigenvalue weighted by atomic mass is 10.2. The maximum Gasteiger partial charge on any atom is 0.272 e. The Bertz CT molecular complexity index is 1000. The molecule has 8 nitrogen and oxygen atoms in total. The highest BCUT2D eigenvalue weighted by molar-refractivity contribution is 5.94. The lowest BCUT2D eigenvalue weighted by molar-refractivity contribution is 0.0934.